The first kappa shape index (κ1) is 24.6. The number of ether oxygens (including phenoxy) is 4. The Morgan fingerprint density at radius 3 is 2.09 bits per heavy atom. The van der Waals surface area contributed by atoms with Gasteiger partial charge in [0.2, 0.25) is 11.2 Å². The molecule has 0 aliphatic carbocycles. The molecule has 0 saturated heterocycles. The zero-order valence-electron chi connectivity index (χ0n) is 19.9. The van der Waals surface area contributed by atoms with Crippen LogP contribution in [0.3, 0.4) is 0 Å². The molecule has 3 aromatic rings. The third-order valence-electron chi connectivity index (χ3n) is 4.94. The summed E-state index contributed by atoms with van der Waals surface area (Å²) in [5.41, 5.74) is 1.63. The summed E-state index contributed by atoms with van der Waals surface area (Å²) in [5.74, 6) is -0.660. The van der Waals surface area contributed by atoms with Crippen molar-refractivity contribution in [3.63, 3.8) is 0 Å². The van der Waals surface area contributed by atoms with Gasteiger partial charge >= 0.3 is 11.9 Å². The number of esters is 2. The summed E-state index contributed by atoms with van der Waals surface area (Å²) < 4.78 is 27.6. The first-order valence-electron chi connectivity index (χ1n) is 10.5. The van der Waals surface area contributed by atoms with Gasteiger partial charge in [-0.1, -0.05) is 11.6 Å². The van der Waals surface area contributed by atoms with Crippen molar-refractivity contribution < 1.29 is 33.0 Å². The van der Waals surface area contributed by atoms with Crippen LogP contribution in [-0.4, -0.2) is 26.2 Å². The Labute approximate surface area is 196 Å². The third-order valence-corrected chi connectivity index (χ3v) is 4.94. The number of methoxy groups -OCH3 is 2. The van der Waals surface area contributed by atoms with Gasteiger partial charge in [0, 0.05) is 31.0 Å². The van der Waals surface area contributed by atoms with E-state index < -0.39 is 17.4 Å². The van der Waals surface area contributed by atoms with Crippen LogP contribution in [0.25, 0.3) is 22.3 Å². The number of carbonyl (C=O) groups excluding carboxylic acids is 2. The molecule has 0 saturated carbocycles. The second kappa shape index (κ2) is 10.2. The first-order chi connectivity index (χ1) is 16.2. The van der Waals surface area contributed by atoms with Gasteiger partial charge in [0.25, 0.3) is 0 Å². The molecule has 1 heterocycles. The maximum atomic E-state index is 13.7. The van der Waals surface area contributed by atoms with Crippen molar-refractivity contribution in [2.24, 2.45) is 0 Å². The third kappa shape index (κ3) is 5.11. The molecule has 0 amide bonds. The van der Waals surface area contributed by atoms with Crippen molar-refractivity contribution in [2.45, 2.75) is 34.1 Å². The molecular formula is C26H26O8. The van der Waals surface area contributed by atoms with Crippen molar-refractivity contribution in [3.8, 4) is 34.3 Å². The monoisotopic (exact) mass is 466 g/mol. The van der Waals surface area contributed by atoms with E-state index in [0.29, 0.717) is 29.0 Å². The Morgan fingerprint density at radius 2 is 1.56 bits per heavy atom. The Hall–Kier alpha value is -4.07. The molecule has 0 aliphatic heterocycles. The van der Waals surface area contributed by atoms with Gasteiger partial charge in [-0.15, -0.1) is 0 Å². The topological polar surface area (TPSA) is 101 Å². The predicted molar refractivity (Wildman–Crippen MR) is 127 cm³/mol. The van der Waals surface area contributed by atoms with E-state index in [0.717, 1.165) is 5.57 Å². The second-order valence-corrected chi connectivity index (χ2v) is 7.75. The van der Waals surface area contributed by atoms with Crippen LogP contribution in [-0.2, 0) is 16.0 Å². The summed E-state index contributed by atoms with van der Waals surface area (Å²) in [7, 11) is 3.01. The number of benzene rings is 2. The molecule has 0 fully saturated rings. The van der Waals surface area contributed by atoms with Crippen molar-refractivity contribution in [2.75, 3.05) is 14.2 Å². The largest absolute Gasteiger partial charge is 0.497 e. The average molecular weight is 466 g/mol. The summed E-state index contributed by atoms with van der Waals surface area (Å²) in [4.78, 5) is 37.3. The second-order valence-electron chi connectivity index (χ2n) is 7.75. The minimum absolute atomic E-state index is 0.0262. The first-order valence-corrected chi connectivity index (χ1v) is 10.5. The quantitative estimate of drug-likeness (QED) is 0.277. The maximum absolute atomic E-state index is 13.7. The lowest BCUT2D eigenvalue weighted by molar-refractivity contribution is -0.133. The van der Waals surface area contributed by atoms with E-state index in [1.807, 2.05) is 19.9 Å². The van der Waals surface area contributed by atoms with Gasteiger partial charge in [0.05, 0.1) is 14.2 Å². The highest BCUT2D eigenvalue weighted by Gasteiger charge is 2.26. The predicted octanol–water partition coefficient (Wildman–Crippen LogP) is 4.84. The van der Waals surface area contributed by atoms with Gasteiger partial charge in [-0.05, 0) is 44.5 Å². The molecule has 0 unspecified atom stereocenters. The van der Waals surface area contributed by atoms with E-state index in [4.69, 9.17) is 23.4 Å². The van der Waals surface area contributed by atoms with E-state index in [9.17, 15) is 14.4 Å². The Balaban J connectivity index is 2.48. The van der Waals surface area contributed by atoms with E-state index in [1.165, 1.54) is 34.1 Å². The Kier molecular flexibility index (Phi) is 7.40. The van der Waals surface area contributed by atoms with E-state index in [1.54, 1.807) is 24.3 Å². The number of rotatable bonds is 7. The lowest BCUT2D eigenvalue weighted by Crippen LogP contribution is -2.16. The van der Waals surface area contributed by atoms with Crippen molar-refractivity contribution in [3.05, 3.63) is 57.8 Å². The SMILES string of the molecule is COc1ccc(-c2oc3c(CC=C(C)C)c(OC)cc(OC(C)=O)c3c(=O)c2OC(C)=O)cc1. The molecule has 34 heavy (non-hydrogen) atoms. The molecular weight excluding hydrogens is 440 g/mol. The standard InChI is InChI=1S/C26H26O8/c1-14(2)7-12-19-20(31-6)13-21(32-15(3)27)22-23(29)26(33-16(4)28)24(34-25(19)22)17-8-10-18(30-5)11-9-17/h7-11,13H,12H2,1-6H3. The minimum Gasteiger partial charge on any atom is -0.497 e. The molecule has 3 rings (SSSR count). The number of hydrogen-bond donors (Lipinski definition) is 0. The molecule has 0 radical (unpaired) electrons. The fraction of sp³-hybridized carbons (Fsp3) is 0.269. The van der Waals surface area contributed by atoms with E-state index in [2.05, 4.69) is 0 Å². The molecule has 2 aromatic carbocycles. The molecule has 0 N–H and O–H groups in total. The summed E-state index contributed by atoms with van der Waals surface area (Å²) >= 11 is 0. The Morgan fingerprint density at radius 1 is 0.912 bits per heavy atom. The van der Waals surface area contributed by atoms with E-state index >= 15 is 0 Å². The summed E-state index contributed by atoms with van der Waals surface area (Å²) in [6, 6.07) is 8.20. The van der Waals surface area contributed by atoms with Crippen LogP contribution in [0.2, 0.25) is 0 Å². The minimum atomic E-state index is -0.700. The van der Waals surface area contributed by atoms with Gasteiger partial charge in [0.15, 0.2) is 5.76 Å². The summed E-state index contributed by atoms with van der Waals surface area (Å²) in [6.45, 7) is 6.29. The van der Waals surface area contributed by atoms with Crippen molar-refractivity contribution in [1.82, 2.24) is 0 Å². The van der Waals surface area contributed by atoms with Crippen molar-refractivity contribution >= 4 is 22.9 Å². The van der Waals surface area contributed by atoms with Crippen LogP contribution in [0.5, 0.6) is 23.0 Å². The zero-order valence-corrected chi connectivity index (χ0v) is 19.9. The lowest BCUT2D eigenvalue weighted by Gasteiger charge is -2.16. The lowest BCUT2D eigenvalue weighted by atomic mass is 10.0. The summed E-state index contributed by atoms with van der Waals surface area (Å²) in [5, 5.41) is -0.0262. The molecule has 0 spiro atoms. The fourth-order valence-electron chi connectivity index (χ4n) is 3.43. The van der Waals surface area contributed by atoms with E-state index in [-0.39, 0.29) is 28.2 Å². The highest BCUT2D eigenvalue weighted by atomic mass is 16.5. The van der Waals surface area contributed by atoms with Gasteiger partial charge < -0.3 is 23.4 Å². The van der Waals surface area contributed by atoms with Crippen molar-refractivity contribution in [1.29, 1.82) is 0 Å². The zero-order chi connectivity index (χ0) is 25.0. The van der Waals surface area contributed by atoms with Crippen LogP contribution in [0, 0.1) is 0 Å². The average Bonchev–Trinajstić information content (AvgIpc) is 2.78. The van der Waals surface area contributed by atoms with Gasteiger partial charge in [-0.25, -0.2) is 0 Å². The summed E-state index contributed by atoms with van der Waals surface area (Å²) in [6.07, 6.45) is 2.34. The highest BCUT2D eigenvalue weighted by Crippen LogP contribution is 2.40. The Bertz CT molecular complexity index is 1330. The molecule has 0 aliphatic rings. The number of fused-ring (bicyclic) bond motifs is 1. The highest BCUT2D eigenvalue weighted by molar-refractivity contribution is 5.93. The normalized spacial score (nSPS) is 10.5. The number of carbonyl (C=O) groups is 2. The molecule has 0 atom stereocenters. The van der Waals surface area contributed by atoms with Gasteiger partial charge in [0.1, 0.15) is 28.2 Å². The molecule has 8 heteroatoms. The van der Waals surface area contributed by atoms with Gasteiger partial charge in [-0.2, -0.15) is 0 Å². The molecule has 8 nitrogen and oxygen atoms in total. The van der Waals surface area contributed by atoms with Gasteiger partial charge in [-0.3, -0.25) is 14.4 Å². The van der Waals surface area contributed by atoms with Crippen LogP contribution in [0.15, 0.2) is 51.2 Å². The fourth-order valence-corrected chi connectivity index (χ4v) is 3.43. The maximum Gasteiger partial charge on any atom is 0.308 e. The molecule has 178 valence electrons. The van der Waals surface area contributed by atoms with Crippen LogP contribution in [0.4, 0.5) is 0 Å². The molecule has 1 aromatic heterocycles. The van der Waals surface area contributed by atoms with Crippen LogP contribution >= 0.6 is 0 Å². The number of allylic oxidation sites excluding steroid dienone is 2. The van der Waals surface area contributed by atoms with Crippen LogP contribution < -0.4 is 24.4 Å². The van der Waals surface area contributed by atoms with Crippen LogP contribution in [0.1, 0.15) is 33.3 Å². The molecule has 0 bridgehead atoms. The smallest absolute Gasteiger partial charge is 0.308 e. The number of hydrogen-bond acceptors (Lipinski definition) is 8.